The molecule has 0 fully saturated rings. The van der Waals surface area contributed by atoms with Crippen molar-refractivity contribution in [3.05, 3.63) is 36.0 Å². The van der Waals surface area contributed by atoms with Crippen LogP contribution in [-0.2, 0) is 0 Å². The molecule has 2 aromatic rings. The Balaban J connectivity index is 2.10. The van der Waals surface area contributed by atoms with Gasteiger partial charge in [-0.3, -0.25) is 0 Å². The lowest BCUT2D eigenvalue weighted by molar-refractivity contribution is 0.684. The molecule has 1 heterocycles. The van der Waals surface area contributed by atoms with E-state index < -0.39 is 0 Å². The van der Waals surface area contributed by atoms with Gasteiger partial charge in [0.15, 0.2) is 0 Å². The summed E-state index contributed by atoms with van der Waals surface area (Å²) in [6, 6.07) is 10.4. The number of benzene rings is 1. The molecule has 1 aromatic heterocycles. The van der Waals surface area contributed by atoms with Crippen LogP contribution in [-0.4, -0.2) is 29.6 Å². The molecule has 0 bridgehead atoms. The van der Waals surface area contributed by atoms with E-state index in [1.54, 1.807) is 0 Å². The molecule has 0 saturated carbocycles. The minimum Gasteiger partial charge on any atom is -0.372 e. The highest BCUT2D eigenvalue weighted by Gasteiger charge is 2.05. The first kappa shape index (κ1) is 18.0. The standard InChI is InChI=1S/C19H29N5/c1-6-24(7-2)17-10-8-16(9-11-17)22-18-12-15(5)21-19(23-18)20-13-14(3)4/h8-12,14H,6-7,13H2,1-5H3,(H2,20,21,22,23). The zero-order chi connectivity index (χ0) is 17.5. The van der Waals surface area contributed by atoms with E-state index in [-0.39, 0.29) is 0 Å². The summed E-state index contributed by atoms with van der Waals surface area (Å²) >= 11 is 0. The van der Waals surface area contributed by atoms with Gasteiger partial charge in [-0.05, 0) is 51.0 Å². The number of nitrogens with zero attached hydrogens (tertiary/aromatic N) is 3. The topological polar surface area (TPSA) is 53.1 Å². The van der Waals surface area contributed by atoms with Crippen molar-refractivity contribution in [2.75, 3.05) is 35.2 Å². The Hall–Kier alpha value is -2.30. The van der Waals surface area contributed by atoms with Crippen LogP contribution in [0.5, 0.6) is 0 Å². The molecule has 130 valence electrons. The minimum absolute atomic E-state index is 0.554. The first-order chi connectivity index (χ1) is 11.5. The molecule has 24 heavy (non-hydrogen) atoms. The Labute approximate surface area is 145 Å². The summed E-state index contributed by atoms with van der Waals surface area (Å²) in [7, 11) is 0. The van der Waals surface area contributed by atoms with Gasteiger partial charge in [0.2, 0.25) is 5.95 Å². The second kappa shape index (κ2) is 8.52. The third-order valence-corrected chi connectivity index (χ3v) is 3.79. The molecule has 5 heteroatoms. The van der Waals surface area contributed by atoms with E-state index in [2.05, 4.69) is 77.5 Å². The van der Waals surface area contributed by atoms with E-state index in [4.69, 9.17) is 0 Å². The molecule has 2 N–H and O–H groups in total. The third kappa shape index (κ3) is 5.11. The molecule has 0 aliphatic rings. The molecule has 0 atom stereocenters. The second-order valence-corrected chi connectivity index (χ2v) is 6.34. The van der Waals surface area contributed by atoms with Gasteiger partial charge in [-0.25, -0.2) is 4.98 Å². The van der Waals surface area contributed by atoms with E-state index in [0.29, 0.717) is 11.9 Å². The monoisotopic (exact) mass is 327 g/mol. The smallest absolute Gasteiger partial charge is 0.224 e. The van der Waals surface area contributed by atoms with Crippen molar-refractivity contribution in [3.8, 4) is 0 Å². The highest BCUT2D eigenvalue weighted by atomic mass is 15.1. The average Bonchev–Trinajstić information content (AvgIpc) is 2.55. The predicted molar refractivity (Wildman–Crippen MR) is 103 cm³/mol. The Morgan fingerprint density at radius 2 is 1.71 bits per heavy atom. The fraction of sp³-hybridized carbons (Fsp3) is 0.474. The van der Waals surface area contributed by atoms with E-state index in [1.807, 2.05) is 13.0 Å². The zero-order valence-corrected chi connectivity index (χ0v) is 15.4. The van der Waals surface area contributed by atoms with Gasteiger partial charge in [-0.15, -0.1) is 0 Å². The highest BCUT2D eigenvalue weighted by molar-refractivity contribution is 5.61. The van der Waals surface area contributed by atoms with Crippen molar-refractivity contribution >= 4 is 23.1 Å². The fourth-order valence-corrected chi connectivity index (χ4v) is 2.50. The van der Waals surface area contributed by atoms with Crippen molar-refractivity contribution in [3.63, 3.8) is 0 Å². The van der Waals surface area contributed by atoms with Gasteiger partial charge in [-0.1, -0.05) is 13.8 Å². The number of anilines is 4. The lowest BCUT2D eigenvalue weighted by Gasteiger charge is -2.21. The summed E-state index contributed by atoms with van der Waals surface area (Å²) < 4.78 is 0. The minimum atomic E-state index is 0.554. The number of nitrogens with one attached hydrogen (secondary N) is 2. The first-order valence-electron chi connectivity index (χ1n) is 8.73. The molecule has 1 aromatic carbocycles. The Morgan fingerprint density at radius 3 is 2.29 bits per heavy atom. The molecule has 0 spiro atoms. The molecule has 0 saturated heterocycles. The Bertz CT molecular complexity index is 633. The number of hydrogen-bond donors (Lipinski definition) is 2. The maximum Gasteiger partial charge on any atom is 0.224 e. The highest BCUT2D eigenvalue weighted by Crippen LogP contribution is 2.21. The van der Waals surface area contributed by atoms with Crippen molar-refractivity contribution in [1.29, 1.82) is 0 Å². The first-order valence-corrected chi connectivity index (χ1v) is 8.73. The SMILES string of the molecule is CCN(CC)c1ccc(Nc2cc(C)nc(NCC(C)C)n2)cc1. The lowest BCUT2D eigenvalue weighted by Crippen LogP contribution is -2.21. The summed E-state index contributed by atoms with van der Waals surface area (Å²) in [5.74, 6) is 2.04. The van der Waals surface area contributed by atoms with Crippen LogP contribution in [0.4, 0.5) is 23.1 Å². The van der Waals surface area contributed by atoms with Crippen molar-refractivity contribution in [2.45, 2.75) is 34.6 Å². The number of hydrogen-bond acceptors (Lipinski definition) is 5. The van der Waals surface area contributed by atoms with Gasteiger partial charge in [-0.2, -0.15) is 4.98 Å². The van der Waals surface area contributed by atoms with Crippen LogP contribution in [0.25, 0.3) is 0 Å². The number of aryl methyl sites for hydroxylation is 1. The Kier molecular flexibility index (Phi) is 6.41. The summed E-state index contributed by atoms with van der Waals surface area (Å²) in [5.41, 5.74) is 3.21. The third-order valence-electron chi connectivity index (χ3n) is 3.79. The van der Waals surface area contributed by atoms with Crippen LogP contribution in [0.3, 0.4) is 0 Å². The molecule has 0 unspecified atom stereocenters. The van der Waals surface area contributed by atoms with Gasteiger partial charge in [0.05, 0.1) is 0 Å². The summed E-state index contributed by atoms with van der Waals surface area (Å²) in [5, 5.41) is 6.65. The zero-order valence-electron chi connectivity index (χ0n) is 15.4. The Morgan fingerprint density at radius 1 is 1.04 bits per heavy atom. The van der Waals surface area contributed by atoms with Crippen LogP contribution < -0.4 is 15.5 Å². The molecule has 0 aliphatic carbocycles. The van der Waals surface area contributed by atoms with Crippen LogP contribution in [0.15, 0.2) is 30.3 Å². The molecular formula is C19H29N5. The molecule has 5 nitrogen and oxygen atoms in total. The summed E-state index contributed by atoms with van der Waals surface area (Å²) in [6.45, 7) is 13.5. The van der Waals surface area contributed by atoms with Gasteiger partial charge < -0.3 is 15.5 Å². The van der Waals surface area contributed by atoms with Crippen molar-refractivity contribution in [1.82, 2.24) is 9.97 Å². The summed E-state index contributed by atoms with van der Waals surface area (Å²) in [4.78, 5) is 11.3. The predicted octanol–water partition coefficient (Wildman–Crippen LogP) is 4.44. The quantitative estimate of drug-likeness (QED) is 0.750. The lowest BCUT2D eigenvalue weighted by atomic mass is 10.2. The van der Waals surface area contributed by atoms with Crippen molar-refractivity contribution in [2.24, 2.45) is 5.92 Å². The normalized spacial score (nSPS) is 10.8. The largest absolute Gasteiger partial charge is 0.372 e. The molecule has 0 aliphatic heterocycles. The maximum atomic E-state index is 4.55. The van der Waals surface area contributed by atoms with E-state index in [1.165, 1.54) is 5.69 Å². The second-order valence-electron chi connectivity index (χ2n) is 6.34. The van der Waals surface area contributed by atoms with Gasteiger partial charge in [0, 0.05) is 42.8 Å². The molecular weight excluding hydrogens is 298 g/mol. The number of aromatic nitrogens is 2. The van der Waals surface area contributed by atoms with Gasteiger partial charge in [0.25, 0.3) is 0 Å². The summed E-state index contributed by atoms with van der Waals surface area (Å²) in [6.07, 6.45) is 0. The van der Waals surface area contributed by atoms with Crippen LogP contribution in [0.2, 0.25) is 0 Å². The van der Waals surface area contributed by atoms with Crippen LogP contribution in [0, 0.1) is 12.8 Å². The van der Waals surface area contributed by atoms with Gasteiger partial charge >= 0.3 is 0 Å². The van der Waals surface area contributed by atoms with Crippen molar-refractivity contribution < 1.29 is 0 Å². The maximum absolute atomic E-state index is 4.55. The average molecular weight is 327 g/mol. The molecule has 0 radical (unpaired) electrons. The molecule has 0 amide bonds. The number of rotatable bonds is 8. The van der Waals surface area contributed by atoms with E-state index in [0.717, 1.165) is 36.8 Å². The fourth-order valence-electron chi connectivity index (χ4n) is 2.50. The van der Waals surface area contributed by atoms with Crippen LogP contribution >= 0.6 is 0 Å². The van der Waals surface area contributed by atoms with E-state index in [9.17, 15) is 0 Å². The van der Waals surface area contributed by atoms with Crippen LogP contribution in [0.1, 0.15) is 33.4 Å². The van der Waals surface area contributed by atoms with Gasteiger partial charge in [0.1, 0.15) is 5.82 Å². The van der Waals surface area contributed by atoms with E-state index >= 15 is 0 Å². The molecule has 2 rings (SSSR count).